The molecule has 0 rings (SSSR count). The summed E-state index contributed by atoms with van der Waals surface area (Å²) in [7, 11) is 1.09. The molecule has 0 amide bonds. The Balaban J connectivity index is 4.79. The van der Waals surface area contributed by atoms with Gasteiger partial charge < -0.3 is 4.74 Å². The molecule has 0 radical (unpaired) electrons. The Hall–Kier alpha value is -1.08. The van der Waals surface area contributed by atoms with E-state index in [4.69, 9.17) is 0 Å². The van der Waals surface area contributed by atoms with Crippen molar-refractivity contribution in [1.82, 2.24) is 4.90 Å². The normalized spacial score (nSPS) is 14.1. The van der Waals surface area contributed by atoms with Crippen LogP contribution in [0.15, 0.2) is 12.0 Å². The highest BCUT2D eigenvalue weighted by Gasteiger charge is 2.39. The number of ether oxygens (including phenoxy) is 1. The molecule has 14 heavy (non-hydrogen) atoms. The molecule has 0 aromatic rings. The molecule has 0 unspecified atom stereocenters. The molecule has 0 aromatic carbocycles. The van der Waals surface area contributed by atoms with Crippen LogP contribution in [0.2, 0.25) is 0 Å². The first-order chi connectivity index (χ1) is 6.09. The molecule has 2 nitrogen and oxygen atoms in total. The molecular formula is C6H7F6NO. The first kappa shape index (κ1) is 12.9. The Morgan fingerprint density at radius 1 is 1.14 bits per heavy atom. The Labute approximate surface area is 75.7 Å². The summed E-state index contributed by atoms with van der Waals surface area (Å²) >= 11 is 0. The van der Waals surface area contributed by atoms with Crippen molar-refractivity contribution in [3.05, 3.63) is 12.0 Å². The van der Waals surface area contributed by atoms with E-state index in [0.717, 1.165) is 0 Å². The minimum Gasteiger partial charge on any atom is -0.491 e. The van der Waals surface area contributed by atoms with Crippen LogP contribution in [0.5, 0.6) is 0 Å². The summed E-state index contributed by atoms with van der Waals surface area (Å²) in [6.07, 6.45) is -9.97. The molecule has 0 atom stereocenters. The lowest BCUT2D eigenvalue weighted by Crippen LogP contribution is -2.31. The molecule has 0 aromatic heterocycles. The molecule has 0 fully saturated rings. The van der Waals surface area contributed by atoms with Crippen LogP contribution in [0.4, 0.5) is 26.3 Å². The summed E-state index contributed by atoms with van der Waals surface area (Å²) < 4.78 is 74.8. The smallest absolute Gasteiger partial charge is 0.484 e. The molecular weight excluding hydrogens is 216 g/mol. The SMILES string of the molecule is COC(=CN(C)C(F)(F)F)C(F)(F)F. The zero-order valence-corrected chi connectivity index (χ0v) is 7.20. The maximum atomic E-state index is 11.9. The van der Waals surface area contributed by atoms with Gasteiger partial charge >= 0.3 is 12.5 Å². The predicted molar refractivity (Wildman–Crippen MR) is 35.0 cm³/mol. The minimum atomic E-state index is -4.94. The lowest BCUT2D eigenvalue weighted by molar-refractivity contribution is -0.221. The average molecular weight is 223 g/mol. The van der Waals surface area contributed by atoms with Crippen molar-refractivity contribution >= 4 is 0 Å². The van der Waals surface area contributed by atoms with Gasteiger partial charge in [-0.2, -0.15) is 26.3 Å². The van der Waals surface area contributed by atoms with Crippen molar-refractivity contribution in [2.24, 2.45) is 0 Å². The van der Waals surface area contributed by atoms with E-state index >= 15 is 0 Å². The molecule has 0 saturated heterocycles. The molecule has 0 N–H and O–H groups in total. The number of hydrogen-bond acceptors (Lipinski definition) is 2. The van der Waals surface area contributed by atoms with Gasteiger partial charge in [0, 0.05) is 7.05 Å². The first-order valence-corrected chi connectivity index (χ1v) is 3.21. The van der Waals surface area contributed by atoms with Crippen LogP contribution < -0.4 is 0 Å². The summed E-state index contributed by atoms with van der Waals surface area (Å²) in [5.41, 5.74) is 0. The van der Waals surface area contributed by atoms with E-state index in [1.807, 2.05) is 0 Å². The highest BCUT2D eigenvalue weighted by molar-refractivity contribution is 4.99. The minimum absolute atomic E-state index is 0.167. The van der Waals surface area contributed by atoms with Gasteiger partial charge in [0.25, 0.3) is 0 Å². The van der Waals surface area contributed by atoms with E-state index in [9.17, 15) is 26.3 Å². The zero-order chi connectivity index (χ0) is 11.6. The fraction of sp³-hybridized carbons (Fsp3) is 0.667. The van der Waals surface area contributed by atoms with E-state index < -0.39 is 23.1 Å². The van der Waals surface area contributed by atoms with Crippen molar-refractivity contribution in [1.29, 1.82) is 0 Å². The number of halogens is 6. The van der Waals surface area contributed by atoms with E-state index in [1.54, 1.807) is 0 Å². The summed E-state index contributed by atoms with van der Waals surface area (Å²) in [5.74, 6) is -1.71. The maximum Gasteiger partial charge on any atom is 0.484 e. The van der Waals surface area contributed by atoms with Crippen molar-refractivity contribution in [2.45, 2.75) is 12.5 Å². The monoisotopic (exact) mass is 223 g/mol. The molecule has 84 valence electrons. The quantitative estimate of drug-likeness (QED) is 0.405. The third kappa shape index (κ3) is 3.75. The molecule has 0 aliphatic carbocycles. The number of nitrogens with zero attached hydrogens (tertiary/aromatic N) is 1. The van der Waals surface area contributed by atoms with Gasteiger partial charge in [0.2, 0.25) is 5.76 Å². The maximum absolute atomic E-state index is 11.9. The van der Waals surface area contributed by atoms with Crippen LogP contribution >= 0.6 is 0 Å². The van der Waals surface area contributed by atoms with E-state index in [-0.39, 0.29) is 6.20 Å². The lowest BCUT2D eigenvalue weighted by Gasteiger charge is -2.19. The zero-order valence-electron chi connectivity index (χ0n) is 7.20. The van der Waals surface area contributed by atoms with Gasteiger partial charge in [-0.05, 0) is 0 Å². The van der Waals surface area contributed by atoms with Crippen molar-refractivity contribution in [2.75, 3.05) is 14.2 Å². The van der Waals surface area contributed by atoms with Crippen LogP contribution in [-0.4, -0.2) is 31.5 Å². The van der Waals surface area contributed by atoms with E-state index in [0.29, 0.717) is 14.2 Å². The van der Waals surface area contributed by atoms with Crippen molar-refractivity contribution in [3.8, 4) is 0 Å². The number of allylic oxidation sites excluding steroid dienone is 1. The fourth-order valence-corrected chi connectivity index (χ4v) is 0.491. The summed E-state index contributed by atoms with van der Waals surface area (Å²) in [5, 5.41) is 0. The van der Waals surface area contributed by atoms with Gasteiger partial charge in [-0.1, -0.05) is 0 Å². The van der Waals surface area contributed by atoms with Crippen LogP contribution in [0.1, 0.15) is 0 Å². The first-order valence-electron chi connectivity index (χ1n) is 3.21. The second-order valence-corrected chi connectivity index (χ2v) is 2.27. The van der Waals surface area contributed by atoms with Gasteiger partial charge in [-0.15, -0.1) is 0 Å². The Bertz CT molecular complexity index is 217. The Morgan fingerprint density at radius 2 is 1.57 bits per heavy atom. The summed E-state index contributed by atoms with van der Waals surface area (Å²) in [4.78, 5) is -0.542. The number of hydrogen-bond donors (Lipinski definition) is 0. The average Bonchev–Trinajstić information content (AvgIpc) is 1.95. The molecule has 0 aliphatic heterocycles. The predicted octanol–water partition coefficient (Wildman–Crippen LogP) is 2.49. The number of alkyl halides is 6. The van der Waals surface area contributed by atoms with Gasteiger partial charge in [-0.25, -0.2) is 0 Å². The van der Waals surface area contributed by atoms with Gasteiger partial charge in [0.1, 0.15) is 0 Å². The third-order valence-electron chi connectivity index (χ3n) is 1.21. The molecule has 0 saturated carbocycles. The molecule has 0 aliphatic rings. The molecule has 0 heterocycles. The number of methoxy groups -OCH3 is 1. The second kappa shape index (κ2) is 3.97. The highest BCUT2D eigenvalue weighted by Crippen LogP contribution is 2.28. The van der Waals surface area contributed by atoms with Crippen LogP contribution in [0.3, 0.4) is 0 Å². The van der Waals surface area contributed by atoms with Gasteiger partial charge in [-0.3, -0.25) is 4.90 Å². The fourth-order valence-electron chi connectivity index (χ4n) is 0.491. The summed E-state index contributed by atoms with van der Waals surface area (Å²) in [6.45, 7) is 0. The Kier molecular flexibility index (Phi) is 3.66. The van der Waals surface area contributed by atoms with Gasteiger partial charge in [0.15, 0.2) is 0 Å². The van der Waals surface area contributed by atoms with E-state index in [1.165, 1.54) is 0 Å². The van der Waals surface area contributed by atoms with Crippen molar-refractivity contribution < 1.29 is 31.1 Å². The van der Waals surface area contributed by atoms with Gasteiger partial charge in [0.05, 0.1) is 13.3 Å². The Morgan fingerprint density at radius 3 is 1.79 bits per heavy atom. The highest BCUT2D eigenvalue weighted by atomic mass is 19.4. The molecule has 0 bridgehead atoms. The molecule has 0 spiro atoms. The van der Waals surface area contributed by atoms with E-state index in [2.05, 4.69) is 4.74 Å². The van der Waals surface area contributed by atoms with Crippen LogP contribution in [0, 0.1) is 0 Å². The van der Waals surface area contributed by atoms with Crippen LogP contribution in [-0.2, 0) is 4.74 Å². The standard InChI is InChI=1S/C6H7F6NO/c1-13(6(10,11)12)3-4(14-2)5(7,8)9/h3H,1-2H3. The number of rotatable bonds is 2. The third-order valence-corrected chi connectivity index (χ3v) is 1.21. The second-order valence-electron chi connectivity index (χ2n) is 2.27. The largest absolute Gasteiger partial charge is 0.491 e. The summed E-state index contributed by atoms with van der Waals surface area (Å²) in [6, 6.07) is 0. The lowest BCUT2D eigenvalue weighted by atomic mass is 10.5. The van der Waals surface area contributed by atoms with Crippen LogP contribution in [0.25, 0.3) is 0 Å². The van der Waals surface area contributed by atoms with Crippen molar-refractivity contribution in [3.63, 3.8) is 0 Å². The molecule has 8 heteroatoms. The topological polar surface area (TPSA) is 12.5 Å².